The van der Waals surface area contributed by atoms with Crippen LogP contribution in [-0.2, 0) is 6.54 Å². The van der Waals surface area contributed by atoms with E-state index in [2.05, 4.69) is 6.42 Å². The summed E-state index contributed by atoms with van der Waals surface area (Å²) in [6.07, 6.45) is 4.92. The van der Waals surface area contributed by atoms with E-state index in [4.69, 9.17) is 0 Å². The predicted octanol–water partition coefficient (Wildman–Crippen LogP) is 2.54. The van der Waals surface area contributed by atoms with Gasteiger partial charge in [-0.2, -0.15) is 0 Å². The zero-order valence-corrected chi connectivity index (χ0v) is 10.4. The Labute approximate surface area is 107 Å². The van der Waals surface area contributed by atoms with Crippen LogP contribution in [0, 0.1) is 22.5 Å². The molecule has 0 atom stereocenters. The maximum absolute atomic E-state index is 11.1. The molecule has 4 heteroatoms. The molecule has 1 aromatic rings. The van der Waals surface area contributed by atoms with E-state index in [1.165, 1.54) is 25.9 Å². The summed E-state index contributed by atoms with van der Waals surface area (Å²) in [5.74, 6) is 0.802. The first-order valence-corrected chi connectivity index (χ1v) is 6.59. The van der Waals surface area contributed by atoms with Crippen LogP contribution in [0.3, 0.4) is 0 Å². The van der Waals surface area contributed by atoms with Gasteiger partial charge in [-0.25, -0.2) is 0 Å². The fraction of sp³-hybridized carbons (Fsp3) is 0.500. The quantitative estimate of drug-likeness (QED) is 0.467. The SMILES string of the molecule is O=[N+]([O-])c1ccccc1C[N+]12C[CH]C(CC1)CC2. The van der Waals surface area contributed by atoms with Crippen molar-refractivity contribution in [2.75, 3.05) is 19.6 Å². The molecular formula is C14H18N2O2+. The summed E-state index contributed by atoms with van der Waals surface area (Å²) < 4.78 is 1.02. The maximum Gasteiger partial charge on any atom is 0.278 e. The third-order valence-electron chi connectivity index (χ3n) is 4.47. The van der Waals surface area contributed by atoms with E-state index < -0.39 is 0 Å². The van der Waals surface area contributed by atoms with Crippen LogP contribution >= 0.6 is 0 Å². The summed E-state index contributed by atoms with van der Waals surface area (Å²) >= 11 is 0. The minimum atomic E-state index is -0.256. The highest BCUT2D eigenvalue weighted by Crippen LogP contribution is 2.35. The van der Waals surface area contributed by atoms with Gasteiger partial charge in [-0.05, 0) is 12.0 Å². The van der Waals surface area contributed by atoms with Crippen molar-refractivity contribution < 1.29 is 9.41 Å². The molecule has 95 valence electrons. The Morgan fingerprint density at radius 2 is 2.00 bits per heavy atom. The van der Waals surface area contributed by atoms with Crippen molar-refractivity contribution in [3.05, 3.63) is 46.4 Å². The van der Waals surface area contributed by atoms with E-state index >= 15 is 0 Å². The molecule has 3 aliphatic heterocycles. The Bertz CT molecular complexity index is 451. The molecule has 4 rings (SSSR count). The Morgan fingerprint density at radius 3 is 2.61 bits per heavy atom. The van der Waals surface area contributed by atoms with Crippen molar-refractivity contribution in [2.45, 2.75) is 19.4 Å². The minimum absolute atomic E-state index is 0.256. The monoisotopic (exact) mass is 246 g/mol. The second-order valence-corrected chi connectivity index (χ2v) is 5.59. The van der Waals surface area contributed by atoms with Crippen LogP contribution in [0.5, 0.6) is 0 Å². The molecular weight excluding hydrogens is 228 g/mol. The number of benzene rings is 1. The van der Waals surface area contributed by atoms with Crippen molar-refractivity contribution in [2.24, 2.45) is 5.92 Å². The summed E-state index contributed by atoms with van der Waals surface area (Å²) in [7, 11) is 0. The fourth-order valence-corrected chi connectivity index (χ4v) is 3.33. The van der Waals surface area contributed by atoms with Gasteiger partial charge < -0.3 is 4.48 Å². The average Bonchev–Trinajstić information content (AvgIpc) is 2.41. The van der Waals surface area contributed by atoms with Gasteiger partial charge in [-0.3, -0.25) is 10.1 Å². The largest absolute Gasteiger partial charge is 0.319 e. The highest BCUT2D eigenvalue weighted by atomic mass is 16.6. The molecule has 0 unspecified atom stereocenters. The molecule has 0 saturated carbocycles. The van der Waals surface area contributed by atoms with Gasteiger partial charge in [0.05, 0.1) is 30.1 Å². The fourth-order valence-electron chi connectivity index (χ4n) is 3.33. The molecule has 2 bridgehead atoms. The maximum atomic E-state index is 11.1. The minimum Gasteiger partial charge on any atom is -0.319 e. The lowest BCUT2D eigenvalue weighted by Gasteiger charge is -2.48. The van der Waals surface area contributed by atoms with Crippen LogP contribution in [0.4, 0.5) is 5.69 Å². The van der Waals surface area contributed by atoms with Gasteiger partial charge in [0.15, 0.2) is 0 Å². The number of hydrogen-bond acceptors (Lipinski definition) is 2. The van der Waals surface area contributed by atoms with Crippen LogP contribution < -0.4 is 0 Å². The molecule has 0 spiro atoms. The first-order chi connectivity index (χ1) is 8.69. The number of rotatable bonds is 3. The topological polar surface area (TPSA) is 43.1 Å². The lowest BCUT2D eigenvalue weighted by atomic mass is 9.85. The van der Waals surface area contributed by atoms with E-state index in [1.807, 2.05) is 12.1 Å². The van der Waals surface area contributed by atoms with E-state index in [0.29, 0.717) is 0 Å². The molecule has 0 amide bonds. The van der Waals surface area contributed by atoms with Gasteiger partial charge in [-0.15, -0.1) is 0 Å². The van der Waals surface area contributed by atoms with Crippen LogP contribution in [0.2, 0.25) is 0 Å². The highest BCUT2D eigenvalue weighted by molar-refractivity contribution is 5.39. The molecule has 1 radical (unpaired) electrons. The van der Waals surface area contributed by atoms with Gasteiger partial charge in [-0.1, -0.05) is 12.1 Å². The lowest BCUT2D eigenvalue weighted by Crippen LogP contribution is -2.57. The van der Waals surface area contributed by atoms with E-state index in [9.17, 15) is 10.1 Å². The third-order valence-corrected chi connectivity index (χ3v) is 4.47. The predicted molar refractivity (Wildman–Crippen MR) is 68.7 cm³/mol. The van der Waals surface area contributed by atoms with Crippen molar-refractivity contribution in [1.82, 2.24) is 0 Å². The van der Waals surface area contributed by atoms with E-state index in [0.717, 1.165) is 29.1 Å². The standard InChI is InChI=1S/C14H18N2O2/c17-15(18)14-4-2-1-3-13(14)11-16-8-5-12(6-9-16)7-10-16/h1-5,12H,6-11H2/q+1. The summed E-state index contributed by atoms with van der Waals surface area (Å²) in [6.45, 7) is 4.23. The molecule has 3 heterocycles. The number of fused-ring (bicyclic) bond motifs is 3. The molecule has 1 aromatic carbocycles. The van der Waals surface area contributed by atoms with Crippen LogP contribution in [0.25, 0.3) is 0 Å². The number of nitrogens with zero attached hydrogens (tertiary/aromatic N) is 2. The molecule has 3 aliphatic rings. The molecule has 4 nitrogen and oxygen atoms in total. The normalized spacial score (nSPS) is 30.3. The Balaban J connectivity index is 1.86. The van der Waals surface area contributed by atoms with Crippen LogP contribution in [0.1, 0.15) is 18.4 Å². The molecule has 0 aromatic heterocycles. The van der Waals surface area contributed by atoms with Crippen molar-refractivity contribution >= 4 is 5.69 Å². The zero-order chi connectivity index (χ0) is 12.6. The smallest absolute Gasteiger partial charge is 0.278 e. The van der Waals surface area contributed by atoms with Gasteiger partial charge in [0.25, 0.3) is 5.69 Å². The number of piperidine rings is 3. The number of nitro groups is 1. The lowest BCUT2D eigenvalue weighted by molar-refractivity contribution is -0.949. The van der Waals surface area contributed by atoms with Crippen molar-refractivity contribution in [3.63, 3.8) is 0 Å². The molecule has 3 fully saturated rings. The number of quaternary nitrogens is 1. The Kier molecular flexibility index (Phi) is 2.82. The summed E-state index contributed by atoms with van der Waals surface area (Å²) in [5, 5.41) is 11.1. The molecule has 0 aliphatic carbocycles. The van der Waals surface area contributed by atoms with Gasteiger partial charge >= 0.3 is 0 Å². The van der Waals surface area contributed by atoms with Crippen molar-refractivity contribution in [1.29, 1.82) is 0 Å². The van der Waals surface area contributed by atoms with E-state index in [-0.39, 0.29) is 10.6 Å². The summed E-state index contributed by atoms with van der Waals surface area (Å²) in [6, 6.07) is 7.18. The zero-order valence-electron chi connectivity index (χ0n) is 10.4. The van der Waals surface area contributed by atoms with Crippen molar-refractivity contribution in [3.8, 4) is 0 Å². The van der Waals surface area contributed by atoms with Gasteiger partial charge in [0.2, 0.25) is 0 Å². The average molecular weight is 246 g/mol. The third kappa shape index (κ3) is 2.01. The summed E-state index contributed by atoms with van der Waals surface area (Å²) in [4.78, 5) is 10.8. The molecule has 18 heavy (non-hydrogen) atoms. The molecule has 3 saturated heterocycles. The second kappa shape index (κ2) is 4.35. The van der Waals surface area contributed by atoms with Gasteiger partial charge in [0.1, 0.15) is 6.54 Å². The number of para-hydroxylation sites is 1. The van der Waals surface area contributed by atoms with Crippen LogP contribution in [0.15, 0.2) is 24.3 Å². The van der Waals surface area contributed by atoms with Crippen LogP contribution in [-0.4, -0.2) is 29.0 Å². The number of nitro benzene ring substituents is 1. The first kappa shape index (κ1) is 11.7. The number of hydrogen-bond donors (Lipinski definition) is 0. The summed E-state index contributed by atoms with van der Waals surface area (Å²) in [5.41, 5.74) is 1.16. The van der Waals surface area contributed by atoms with Gasteiger partial charge in [0, 0.05) is 25.3 Å². The molecule has 0 N–H and O–H groups in total. The Morgan fingerprint density at radius 1 is 1.28 bits per heavy atom. The first-order valence-electron chi connectivity index (χ1n) is 6.59. The Hall–Kier alpha value is -1.42. The second-order valence-electron chi connectivity index (χ2n) is 5.59. The highest BCUT2D eigenvalue weighted by Gasteiger charge is 2.40. The van der Waals surface area contributed by atoms with E-state index in [1.54, 1.807) is 12.1 Å².